The van der Waals surface area contributed by atoms with E-state index in [0.717, 1.165) is 37.8 Å². The molecule has 9 nitrogen and oxygen atoms in total. The van der Waals surface area contributed by atoms with E-state index >= 15 is 0 Å². The van der Waals surface area contributed by atoms with Crippen molar-refractivity contribution in [2.24, 2.45) is 0 Å². The first-order valence-electron chi connectivity index (χ1n) is 11.1. The number of H-pyrrole nitrogens is 1. The fourth-order valence-corrected chi connectivity index (χ4v) is 4.56. The first-order valence-corrected chi connectivity index (χ1v) is 11.1. The Kier molecular flexibility index (Phi) is 6.16. The van der Waals surface area contributed by atoms with Crippen LogP contribution in [0.25, 0.3) is 0 Å². The molecule has 0 aliphatic carbocycles. The fraction of sp³-hybridized carbons (Fsp3) is 0.478. The summed E-state index contributed by atoms with van der Waals surface area (Å²) >= 11 is 0. The predicted octanol–water partition coefficient (Wildman–Crippen LogP) is 2.92. The number of fused-ring (bicyclic) bond motifs is 1. The van der Waals surface area contributed by atoms with Crippen LogP contribution >= 0.6 is 0 Å². The minimum atomic E-state index is -0.947. The minimum absolute atomic E-state index is 0.127. The highest BCUT2D eigenvalue weighted by Crippen LogP contribution is 2.33. The minimum Gasteiger partial charge on any atom is -0.495 e. The van der Waals surface area contributed by atoms with Crippen molar-refractivity contribution in [2.75, 3.05) is 29.2 Å². The van der Waals surface area contributed by atoms with Gasteiger partial charge in [-0.15, -0.1) is 0 Å². The van der Waals surface area contributed by atoms with Crippen molar-refractivity contribution in [3.05, 3.63) is 39.7 Å². The summed E-state index contributed by atoms with van der Waals surface area (Å²) in [6.45, 7) is 4.81. The van der Waals surface area contributed by atoms with Gasteiger partial charge < -0.3 is 20.3 Å². The highest BCUT2D eigenvalue weighted by atomic mass is 16.5. The van der Waals surface area contributed by atoms with Gasteiger partial charge in [-0.1, -0.05) is 13.0 Å². The number of benzene rings is 1. The largest absolute Gasteiger partial charge is 0.495 e. The normalized spacial score (nSPS) is 20.3. The summed E-state index contributed by atoms with van der Waals surface area (Å²) in [6.07, 6.45) is 4.01. The van der Waals surface area contributed by atoms with E-state index in [1.54, 1.807) is 12.1 Å². The first-order chi connectivity index (χ1) is 15.4. The molecule has 2 atom stereocenters. The SMILES string of the molecule is CC[C@@H]1CCCCN1c1nc2c(c(=O)[nH]1)[C@@H](C(=O)Nc1cc(C)ccc1OC)CC(=O)N2. The van der Waals surface area contributed by atoms with E-state index in [1.165, 1.54) is 7.11 Å². The van der Waals surface area contributed by atoms with E-state index in [1.807, 2.05) is 13.0 Å². The van der Waals surface area contributed by atoms with Crippen molar-refractivity contribution in [3.63, 3.8) is 0 Å². The fourth-order valence-electron chi connectivity index (χ4n) is 4.56. The Morgan fingerprint density at radius 3 is 2.88 bits per heavy atom. The highest BCUT2D eigenvalue weighted by Gasteiger charge is 2.36. The number of piperidine rings is 1. The lowest BCUT2D eigenvalue weighted by Gasteiger charge is -2.36. The van der Waals surface area contributed by atoms with Gasteiger partial charge in [0.2, 0.25) is 17.8 Å². The van der Waals surface area contributed by atoms with Gasteiger partial charge in [-0.25, -0.2) is 0 Å². The summed E-state index contributed by atoms with van der Waals surface area (Å²) in [5, 5.41) is 5.51. The summed E-state index contributed by atoms with van der Waals surface area (Å²) in [5.41, 5.74) is 1.22. The summed E-state index contributed by atoms with van der Waals surface area (Å²) in [4.78, 5) is 48.2. The predicted molar refractivity (Wildman–Crippen MR) is 122 cm³/mol. The Morgan fingerprint density at radius 2 is 2.12 bits per heavy atom. The van der Waals surface area contributed by atoms with Crippen molar-refractivity contribution in [1.29, 1.82) is 0 Å². The molecule has 170 valence electrons. The van der Waals surface area contributed by atoms with Gasteiger partial charge in [-0.2, -0.15) is 4.98 Å². The number of aryl methyl sites for hydroxylation is 1. The van der Waals surface area contributed by atoms with Crippen LogP contribution in [0.4, 0.5) is 17.5 Å². The van der Waals surface area contributed by atoms with Crippen molar-refractivity contribution < 1.29 is 14.3 Å². The second-order valence-corrected chi connectivity index (χ2v) is 8.40. The van der Waals surface area contributed by atoms with Gasteiger partial charge in [-0.05, 0) is 50.3 Å². The molecule has 1 fully saturated rings. The maximum Gasteiger partial charge on any atom is 0.258 e. The van der Waals surface area contributed by atoms with Crippen LogP contribution in [0.15, 0.2) is 23.0 Å². The molecular weight excluding hydrogens is 410 g/mol. The van der Waals surface area contributed by atoms with Crippen molar-refractivity contribution in [3.8, 4) is 5.75 Å². The second-order valence-electron chi connectivity index (χ2n) is 8.40. The molecule has 0 radical (unpaired) electrons. The number of hydrogen-bond donors (Lipinski definition) is 3. The number of ether oxygens (including phenoxy) is 1. The van der Waals surface area contributed by atoms with Crippen LogP contribution in [0, 0.1) is 6.92 Å². The van der Waals surface area contributed by atoms with Crippen LogP contribution < -0.4 is 25.8 Å². The standard InChI is InChI=1S/C23H29N5O4/c1-4-14-7-5-6-10-28(14)23-26-20-19(22(31)27-23)15(12-18(29)25-20)21(30)24-16-11-13(2)8-9-17(16)32-3/h8-9,11,14-15H,4-7,10,12H2,1-3H3,(H,24,30)(H2,25,26,27,29,31)/t14-,15+/m1/s1. The molecule has 2 aromatic rings. The van der Waals surface area contributed by atoms with Crippen LogP contribution in [0.2, 0.25) is 0 Å². The molecule has 3 N–H and O–H groups in total. The zero-order chi connectivity index (χ0) is 22.8. The van der Waals surface area contributed by atoms with Gasteiger partial charge in [0.15, 0.2) is 0 Å². The Bertz CT molecular complexity index is 1100. The number of aromatic nitrogens is 2. The molecule has 2 aliphatic rings. The van der Waals surface area contributed by atoms with Gasteiger partial charge in [0.1, 0.15) is 11.6 Å². The number of aromatic amines is 1. The van der Waals surface area contributed by atoms with Crippen LogP contribution in [0.5, 0.6) is 5.75 Å². The number of nitrogens with one attached hydrogen (secondary N) is 3. The van der Waals surface area contributed by atoms with Gasteiger partial charge in [0, 0.05) is 19.0 Å². The zero-order valence-corrected chi connectivity index (χ0v) is 18.7. The molecule has 3 heterocycles. The third-order valence-electron chi connectivity index (χ3n) is 6.24. The molecule has 0 spiro atoms. The number of amides is 2. The van der Waals surface area contributed by atoms with Crippen LogP contribution in [-0.2, 0) is 9.59 Å². The second kappa shape index (κ2) is 9.02. The number of rotatable bonds is 5. The van der Waals surface area contributed by atoms with E-state index in [9.17, 15) is 14.4 Å². The Balaban J connectivity index is 1.67. The van der Waals surface area contributed by atoms with Crippen LogP contribution in [0.1, 0.15) is 56.1 Å². The number of hydrogen-bond acceptors (Lipinski definition) is 6. The number of methoxy groups -OCH3 is 1. The van der Waals surface area contributed by atoms with Crippen molar-refractivity contribution in [2.45, 2.75) is 57.9 Å². The zero-order valence-electron chi connectivity index (χ0n) is 18.7. The number of nitrogens with zero attached hydrogens (tertiary/aromatic N) is 2. The molecule has 0 bridgehead atoms. The van der Waals surface area contributed by atoms with Crippen LogP contribution in [-0.4, -0.2) is 41.5 Å². The average molecular weight is 440 g/mol. The number of carbonyl (C=O) groups is 2. The molecular formula is C23H29N5O4. The average Bonchev–Trinajstić information content (AvgIpc) is 2.78. The molecule has 2 amide bonds. The Morgan fingerprint density at radius 1 is 1.31 bits per heavy atom. The summed E-state index contributed by atoms with van der Waals surface area (Å²) in [6, 6.07) is 5.71. The lowest BCUT2D eigenvalue weighted by atomic mass is 9.92. The molecule has 0 unspecified atom stereocenters. The quantitative estimate of drug-likeness (QED) is 0.660. The molecule has 9 heteroatoms. The van der Waals surface area contributed by atoms with Crippen molar-refractivity contribution in [1.82, 2.24) is 9.97 Å². The monoisotopic (exact) mass is 439 g/mol. The number of anilines is 3. The van der Waals surface area contributed by atoms with E-state index in [-0.39, 0.29) is 29.8 Å². The van der Waals surface area contributed by atoms with Crippen molar-refractivity contribution >= 4 is 29.3 Å². The van der Waals surface area contributed by atoms with Gasteiger partial charge in [0.05, 0.1) is 24.3 Å². The Hall–Kier alpha value is -3.36. The van der Waals surface area contributed by atoms with Gasteiger partial charge in [0.25, 0.3) is 5.56 Å². The van der Waals surface area contributed by atoms with Crippen LogP contribution in [0.3, 0.4) is 0 Å². The molecule has 2 aliphatic heterocycles. The summed E-state index contributed by atoms with van der Waals surface area (Å²) in [5.74, 6) is -0.628. The number of carbonyl (C=O) groups excluding carboxylic acids is 2. The molecule has 4 rings (SSSR count). The van der Waals surface area contributed by atoms with E-state index < -0.39 is 17.4 Å². The van der Waals surface area contributed by atoms with Gasteiger partial charge >= 0.3 is 0 Å². The third kappa shape index (κ3) is 4.19. The maximum atomic E-state index is 13.2. The third-order valence-corrected chi connectivity index (χ3v) is 6.24. The molecule has 0 saturated carbocycles. The molecule has 1 saturated heterocycles. The lowest BCUT2D eigenvalue weighted by molar-refractivity contribution is -0.123. The van der Waals surface area contributed by atoms with E-state index in [2.05, 4.69) is 32.4 Å². The molecule has 1 aromatic carbocycles. The van der Waals surface area contributed by atoms with Gasteiger partial charge in [-0.3, -0.25) is 19.4 Å². The maximum absolute atomic E-state index is 13.2. The first kappa shape index (κ1) is 21.9. The topological polar surface area (TPSA) is 116 Å². The summed E-state index contributed by atoms with van der Waals surface area (Å²) in [7, 11) is 1.52. The van der Waals surface area contributed by atoms with E-state index in [0.29, 0.717) is 17.4 Å². The molecule has 32 heavy (non-hydrogen) atoms. The summed E-state index contributed by atoms with van der Waals surface area (Å²) < 4.78 is 5.33. The molecule has 1 aromatic heterocycles. The Labute approximate surface area is 186 Å². The highest BCUT2D eigenvalue weighted by molar-refractivity contribution is 6.05. The smallest absolute Gasteiger partial charge is 0.258 e. The van der Waals surface area contributed by atoms with E-state index in [4.69, 9.17) is 4.74 Å². The lowest BCUT2D eigenvalue weighted by Crippen LogP contribution is -2.43.